The number of hydroxylamine groups is 2. The zero-order valence-corrected chi connectivity index (χ0v) is 13.6. The molecule has 1 aromatic heterocycles. The van der Waals surface area contributed by atoms with Gasteiger partial charge in [0.2, 0.25) is 0 Å². The molecule has 2 amide bonds. The average Bonchev–Trinajstić information content (AvgIpc) is 3.15. The summed E-state index contributed by atoms with van der Waals surface area (Å²) in [7, 11) is 0. The molecule has 1 aliphatic rings. The summed E-state index contributed by atoms with van der Waals surface area (Å²) in [6.07, 6.45) is 0. The van der Waals surface area contributed by atoms with Crippen LogP contribution in [0.3, 0.4) is 0 Å². The van der Waals surface area contributed by atoms with Crippen LogP contribution < -0.4 is 0 Å². The van der Waals surface area contributed by atoms with Gasteiger partial charge in [0, 0.05) is 0 Å². The minimum absolute atomic E-state index is 0.0901. The number of hydrogen-bond donors (Lipinski definition) is 1. The minimum Gasteiger partial charge on any atom is -0.333 e. The number of carbonyl (C=O) groups excluding carboxylic acids is 3. The van der Waals surface area contributed by atoms with Crippen LogP contribution in [0, 0.1) is 0 Å². The Bertz CT molecular complexity index is 946. The van der Waals surface area contributed by atoms with Crippen LogP contribution in [-0.2, 0) is 9.63 Å². The number of benzene rings is 2. The molecular weight excluding hydrogens is 342 g/mol. The fourth-order valence-electron chi connectivity index (χ4n) is 2.50. The van der Waals surface area contributed by atoms with Crippen molar-refractivity contribution in [3.8, 4) is 0 Å². The molecule has 8 heteroatoms. The van der Waals surface area contributed by atoms with Crippen LogP contribution in [0.4, 0.5) is 0 Å². The minimum atomic E-state index is -0.708. The van der Waals surface area contributed by atoms with Gasteiger partial charge in [-0.1, -0.05) is 41.1 Å². The predicted molar refractivity (Wildman–Crippen MR) is 89.9 cm³/mol. The lowest BCUT2D eigenvalue weighted by Gasteiger charge is -2.12. The van der Waals surface area contributed by atoms with E-state index >= 15 is 0 Å². The first-order chi connectivity index (χ1) is 12.1. The normalized spacial score (nSPS) is 13.4. The van der Waals surface area contributed by atoms with Gasteiger partial charge < -0.3 is 9.82 Å². The molecule has 7 nitrogen and oxygen atoms in total. The molecule has 0 fully saturated rings. The van der Waals surface area contributed by atoms with E-state index < -0.39 is 17.8 Å². The fraction of sp³-hybridized carbons (Fsp3) is 0.0588. The van der Waals surface area contributed by atoms with Crippen molar-refractivity contribution in [3.63, 3.8) is 0 Å². The smallest absolute Gasteiger partial charge is 0.333 e. The van der Waals surface area contributed by atoms with Crippen LogP contribution in [0.5, 0.6) is 0 Å². The zero-order chi connectivity index (χ0) is 17.4. The summed E-state index contributed by atoms with van der Waals surface area (Å²) in [6.45, 7) is 0. The summed E-state index contributed by atoms with van der Waals surface area (Å²) < 4.78 is 0. The lowest BCUT2D eigenvalue weighted by atomic mass is 10.1. The van der Waals surface area contributed by atoms with E-state index in [2.05, 4.69) is 9.97 Å². The Hall–Kier alpha value is -3.13. The summed E-state index contributed by atoms with van der Waals surface area (Å²) in [5.41, 5.74) is 2.10. The second-order valence-electron chi connectivity index (χ2n) is 5.26. The summed E-state index contributed by atoms with van der Waals surface area (Å²) >= 11 is 1.13. The van der Waals surface area contributed by atoms with Crippen molar-refractivity contribution in [2.24, 2.45) is 0 Å². The summed E-state index contributed by atoms with van der Waals surface area (Å²) in [6, 6.07) is 13.8. The molecule has 0 unspecified atom stereocenters. The van der Waals surface area contributed by atoms with E-state index in [1.807, 2.05) is 24.3 Å². The first-order valence-electron chi connectivity index (χ1n) is 7.39. The van der Waals surface area contributed by atoms with Crippen molar-refractivity contribution in [2.45, 2.75) is 5.16 Å². The Morgan fingerprint density at radius 2 is 1.68 bits per heavy atom. The van der Waals surface area contributed by atoms with Gasteiger partial charge in [-0.05, 0) is 24.3 Å². The lowest BCUT2D eigenvalue weighted by molar-refractivity contribution is -0.165. The van der Waals surface area contributed by atoms with Gasteiger partial charge in [0.25, 0.3) is 11.8 Å². The van der Waals surface area contributed by atoms with E-state index in [9.17, 15) is 14.4 Å². The van der Waals surface area contributed by atoms with Crippen molar-refractivity contribution in [3.05, 3.63) is 59.7 Å². The molecule has 0 saturated carbocycles. The first kappa shape index (κ1) is 15.4. The zero-order valence-electron chi connectivity index (χ0n) is 12.8. The molecule has 0 spiro atoms. The number of rotatable bonds is 4. The number of nitrogens with zero attached hydrogens (tertiary/aromatic N) is 2. The fourth-order valence-corrected chi connectivity index (χ4v) is 3.16. The maximum absolute atomic E-state index is 12.1. The number of aromatic amines is 1. The molecule has 0 radical (unpaired) electrons. The molecule has 0 aliphatic carbocycles. The number of para-hydroxylation sites is 2. The second kappa shape index (κ2) is 6.06. The molecule has 3 aromatic rings. The van der Waals surface area contributed by atoms with Crippen LogP contribution in [0.15, 0.2) is 53.7 Å². The number of hydrogen-bond acceptors (Lipinski definition) is 6. The Morgan fingerprint density at radius 3 is 2.36 bits per heavy atom. The maximum atomic E-state index is 12.1. The van der Waals surface area contributed by atoms with Crippen molar-refractivity contribution < 1.29 is 19.2 Å². The van der Waals surface area contributed by atoms with Crippen LogP contribution in [-0.4, -0.2) is 38.6 Å². The number of imidazole rings is 1. The molecule has 124 valence electrons. The number of amides is 2. The quantitative estimate of drug-likeness (QED) is 0.572. The molecule has 1 N–H and O–H groups in total. The Labute approximate surface area is 145 Å². The van der Waals surface area contributed by atoms with E-state index in [1.165, 1.54) is 12.1 Å². The van der Waals surface area contributed by atoms with Gasteiger partial charge in [-0.15, -0.1) is 0 Å². The lowest BCUT2D eigenvalue weighted by Crippen LogP contribution is -2.33. The van der Waals surface area contributed by atoms with E-state index in [-0.39, 0.29) is 16.9 Å². The SMILES string of the molecule is O=C(CSc1nc2ccccc2[nH]1)ON1C(=O)c2ccccc2C1=O. The number of thioether (sulfide) groups is 1. The standard InChI is InChI=1S/C17H11N3O4S/c21-14(9-25-17-18-12-7-3-4-8-13(12)19-17)24-20-15(22)10-5-1-2-6-11(10)16(20)23/h1-8H,9H2,(H,18,19). The number of nitrogens with one attached hydrogen (secondary N) is 1. The number of H-pyrrole nitrogens is 1. The maximum Gasteiger partial charge on any atom is 0.343 e. The third-order valence-electron chi connectivity index (χ3n) is 3.64. The molecular formula is C17H11N3O4S. The predicted octanol–water partition coefficient (Wildman–Crippen LogP) is 2.41. The van der Waals surface area contributed by atoms with Crippen molar-refractivity contribution >= 4 is 40.6 Å². The highest BCUT2D eigenvalue weighted by molar-refractivity contribution is 7.99. The highest BCUT2D eigenvalue weighted by atomic mass is 32.2. The summed E-state index contributed by atoms with van der Waals surface area (Å²) in [5.74, 6) is -2.07. The van der Waals surface area contributed by atoms with Gasteiger partial charge in [0.05, 0.1) is 22.2 Å². The van der Waals surface area contributed by atoms with Crippen molar-refractivity contribution in [1.82, 2.24) is 15.0 Å². The Kier molecular flexibility index (Phi) is 3.73. The van der Waals surface area contributed by atoms with Crippen LogP contribution in [0.1, 0.15) is 20.7 Å². The van der Waals surface area contributed by atoms with Gasteiger partial charge in [0.1, 0.15) is 5.75 Å². The molecule has 2 heterocycles. The first-order valence-corrected chi connectivity index (χ1v) is 8.38. The van der Waals surface area contributed by atoms with Crippen molar-refractivity contribution in [1.29, 1.82) is 0 Å². The van der Waals surface area contributed by atoms with Gasteiger partial charge in [-0.3, -0.25) is 9.59 Å². The third-order valence-corrected chi connectivity index (χ3v) is 4.49. The van der Waals surface area contributed by atoms with Gasteiger partial charge in [-0.25, -0.2) is 9.78 Å². The van der Waals surface area contributed by atoms with Gasteiger partial charge in [0.15, 0.2) is 5.16 Å². The van der Waals surface area contributed by atoms with Crippen molar-refractivity contribution in [2.75, 3.05) is 5.75 Å². The van der Waals surface area contributed by atoms with Gasteiger partial charge >= 0.3 is 5.97 Å². The van der Waals surface area contributed by atoms with E-state index in [4.69, 9.17) is 4.84 Å². The monoisotopic (exact) mass is 353 g/mol. The summed E-state index contributed by atoms with van der Waals surface area (Å²) in [5, 5.41) is 1.06. The van der Waals surface area contributed by atoms with Crippen LogP contribution in [0.2, 0.25) is 0 Å². The molecule has 0 saturated heterocycles. The van der Waals surface area contributed by atoms with Crippen LogP contribution in [0.25, 0.3) is 11.0 Å². The van der Waals surface area contributed by atoms with E-state index in [0.29, 0.717) is 10.2 Å². The molecule has 2 aromatic carbocycles. The van der Waals surface area contributed by atoms with Gasteiger partial charge in [-0.2, -0.15) is 0 Å². The molecule has 4 rings (SSSR count). The summed E-state index contributed by atoms with van der Waals surface area (Å²) in [4.78, 5) is 48.6. The molecule has 0 bridgehead atoms. The molecule has 1 aliphatic heterocycles. The topological polar surface area (TPSA) is 92.4 Å². The molecule has 0 atom stereocenters. The second-order valence-corrected chi connectivity index (χ2v) is 6.23. The van der Waals surface area contributed by atoms with Crippen LogP contribution >= 0.6 is 11.8 Å². The number of fused-ring (bicyclic) bond motifs is 2. The number of aromatic nitrogens is 2. The number of imide groups is 1. The molecule has 25 heavy (non-hydrogen) atoms. The Balaban J connectivity index is 1.41. The average molecular weight is 353 g/mol. The van der Waals surface area contributed by atoms with E-state index in [0.717, 1.165) is 22.8 Å². The highest BCUT2D eigenvalue weighted by Gasteiger charge is 2.38. The highest BCUT2D eigenvalue weighted by Crippen LogP contribution is 2.24. The number of carbonyl (C=O) groups is 3. The largest absolute Gasteiger partial charge is 0.343 e. The van der Waals surface area contributed by atoms with E-state index in [1.54, 1.807) is 12.1 Å². The third kappa shape index (κ3) is 2.76. The Morgan fingerprint density at radius 1 is 1.04 bits per heavy atom.